The summed E-state index contributed by atoms with van der Waals surface area (Å²) in [5, 5.41) is 110. The molecule has 1 saturated heterocycles. The number of benzene rings is 3. The molecule has 1 aliphatic rings. The fourth-order valence-corrected chi connectivity index (χ4v) is 5.23. The zero-order chi connectivity index (χ0) is 35.2. The Morgan fingerprint density at radius 3 is 1.43 bits per heavy atom. The van der Waals surface area contributed by atoms with Crippen LogP contribution in [0.5, 0.6) is 51.7 Å². The summed E-state index contributed by atoms with van der Waals surface area (Å²) >= 11 is 5.62. The molecule has 20 heteroatoms. The Morgan fingerprint density at radius 1 is 0.660 bits per heavy atom. The van der Waals surface area contributed by atoms with Crippen LogP contribution >= 0.6 is 31.9 Å². The smallest absolute Gasteiger partial charge is 0.341 e. The van der Waals surface area contributed by atoms with Gasteiger partial charge >= 0.3 is 22.6 Å². The quantitative estimate of drug-likeness (QED) is 0.0692. The lowest BCUT2D eigenvalue weighted by Crippen LogP contribution is -2.70. The van der Waals surface area contributed by atoms with Gasteiger partial charge in [-0.2, -0.15) is 0 Å². The van der Waals surface area contributed by atoms with Gasteiger partial charge in [-0.15, -0.1) is 0 Å². The van der Waals surface area contributed by atoms with E-state index in [0.29, 0.717) is 24.3 Å². The van der Waals surface area contributed by atoms with Crippen LogP contribution in [0.4, 0.5) is 0 Å². The molecule has 4 rings (SSSR count). The molecule has 0 amide bonds. The molecule has 0 aliphatic carbocycles. The summed E-state index contributed by atoms with van der Waals surface area (Å²) in [6, 6.07) is 4.06. The SMILES string of the molecule is O=C(OC[C@H]1O[C@](Br)(OC(=O)c2cc(O)c(O)c(O)c2)[C@](O)(Br)[C@@H](OC(=O)c2cc(O)c(O)c(O)c2)[C@@H]1O)c1cc(O)c(O)c(O)c1. The number of carbonyl (C=O) groups excluding carboxylic acids is 3. The lowest BCUT2D eigenvalue weighted by molar-refractivity contribution is -0.308. The van der Waals surface area contributed by atoms with E-state index in [-0.39, 0.29) is 0 Å². The van der Waals surface area contributed by atoms with Gasteiger partial charge in [-0.25, -0.2) is 14.4 Å². The maximum Gasteiger partial charge on any atom is 0.341 e. The van der Waals surface area contributed by atoms with Crippen molar-refractivity contribution in [1.29, 1.82) is 0 Å². The van der Waals surface area contributed by atoms with Crippen molar-refractivity contribution in [1.82, 2.24) is 0 Å². The molecule has 1 heterocycles. The maximum atomic E-state index is 13.0. The van der Waals surface area contributed by atoms with Gasteiger partial charge in [0.15, 0.2) is 57.8 Å². The lowest BCUT2D eigenvalue weighted by Gasteiger charge is -2.49. The minimum atomic E-state index is -2.97. The van der Waals surface area contributed by atoms with Crippen molar-refractivity contribution in [3.63, 3.8) is 0 Å². The second-order valence-corrected chi connectivity index (χ2v) is 12.0. The first kappa shape index (κ1) is 35.0. The first-order valence-corrected chi connectivity index (χ1v) is 14.2. The van der Waals surface area contributed by atoms with Gasteiger partial charge in [0.2, 0.25) is 4.51 Å². The summed E-state index contributed by atoms with van der Waals surface area (Å²) in [4.78, 5) is 38.7. The summed E-state index contributed by atoms with van der Waals surface area (Å²) in [7, 11) is 0. The van der Waals surface area contributed by atoms with Crippen LogP contribution in [-0.2, 0) is 18.9 Å². The molecule has 0 spiro atoms. The van der Waals surface area contributed by atoms with Crippen molar-refractivity contribution in [3.8, 4) is 51.7 Å². The van der Waals surface area contributed by atoms with E-state index in [9.17, 15) is 70.6 Å². The number of hydrogen-bond acceptors (Lipinski definition) is 18. The molecule has 0 aromatic heterocycles. The van der Waals surface area contributed by atoms with E-state index < -0.39 is 120 Å². The van der Waals surface area contributed by atoms with Crippen LogP contribution in [0.15, 0.2) is 36.4 Å². The predicted octanol–water partition coefficient (Wildman–Crippen LogP) is 1.17. The normalized spacial score (nSPS) is 23.9. The third kappa shape index (κ3) is 6.67. The highest BCUT2D eigenvalue weighted by Crippen LogP contribution is 2.50. The Balaban J connectivity index is 1.69. The number of phenols is 9. The molecule has 47 heavy (non-hydrogen) atoms. The number of phenolic OH excluding ortho intramolecular Hbond substituents is 9. The predicted molar refractivity (Wildman–Crippen MR) is 156 cm³/mol. The molecule has 1 fully saturated rings. The average Bonchev–Trinajstić information content (AvgIpc) is 2.99. The highest BCUT2D eigenvalue weighted by molar-refractivity contribution is 9.12. The Kier molecular flexibility index (Phi) is 9.46. The van der Waals surface area contributed by atoms with Gasteiger partial charge < -0.3 is 75.1 Å². The summed E-state index contributed by atoms with van der Waals surface area (Å²) < 4.78 is 15.1. The highest BCUT2D eigenvalue weighted by Gasteiger charge is 2.67. The first-order valence-electron chi connectivity index (χ1n) is 12.6. The summed E-state index contributed by atoms with van der Waals surface area (Å²) in [5.74, 6) is -12.8. The third-order valence-corrected chi connectivity index (χ3v) is 9.00. The van der Waals surface area contributed by atoms with Crippen LogP contribution in [0.25, 0.3) is 0 Å². The van der Waals surface area contributed by atoms with E-state index in [1.165, 1.54) is 0 Å². The van der Waals surface area contributed by atoms with Gasteiger partial charge in [-0.05, 0) is 68.3 Å². The molecule has 1 aliphatic heterocycles. The standard InChI is InChI=1S/C27H22Br2O18/c28-26(43)22(45-24(41)9-3-13(32)19(37)14(33)4-9)21(39)17(7-44-23(40)8-1-11(30)18(36)12(31)2-8)46-27(26,29)47-25(42)10-5-15(34)20(38)16(35)6-10/h1-6,17,21-22,30-39,43H,7H2/t17-,21-,22+,26+,27+/m1/s1. The van der Waals surface area contributed by atoms with Crippen molar-refractivity contribution in [2.45, 2.75) is 27.5 Å². The van der Waals surface area contributed by atoms with Crippen LogP contribution in [0.1, 0.15) is 31.1 Å². The molecule has 3 aromatic rings. The molecular weight excluding hydrogens is 772 g/mol. The Bertz CT molecular complexity index is 1690. The Morgan fingerprint density at radius 2 is 1.02 bits per heavy atom. The van der Waals surface area contributed by atoms with Gasteiger partial charge in [0.05, 0.1) is 16.7 Å². The van der Waals surface area contributed by atoms with E-state index in [1.54, 1.807) is 0 Å². The second-order valence-electron chi connectivity index (χ2n) is 9.76. The van der Waals surface area contributed by atoms with Crippen LogP contribution in [0.3, 0.4) is 0 Å². The number of ether oxygens (including phenoxy) is 4. The summed E-state index contributed by atoms with van der Waals surface area (Å²) in [5.41, 5.74) is -1.76. The number of aromatic hydroxyl groups is 9. The average molecular weight is 794 g/mol. The van der Waals surface area contributed by atoms with E-state index >= 15 is 0 Å². The molecule has 252 valence electrons. The fraction of sp³-hybridized carbons (Fsp3) is 0.222. The largest absolute Gasteiger partial charge is 0.504 e. The molecule has 0 radical (unpaired) electrons. The van der Waals surface area contributed by atoms with Crippen LogP contribution in [0.2, 0.25) is 0 Å². The molecule has 18 nitrogen and oxygen atoms in total. The minimum Gasteiger partial charge on any atom is -0.504 e. The summed E-state index contributed by atoms with van der Waals surface area (Å²) in [6.45, 7) is -0.994. The lowest BCUT2D eigenvalue weighted by atomic mass is 9.98. The zero-order valence-electron chi connectivity index (χ0n) is 22.9. The number of aliphatic hydroxyl groups excluding tert-OH is 1. The molecule has 0 bridgehead atoms. The summed E-state index contributed by atoms with van der Waals surface area (Å²) in [6.07, 6.45) is -6.33. The second kappa shape index (κ2) is 12.7. The number of esters is 3. The molecule has 0 unspecified atom stereocenters. The van der Waals surface area contributed by atoms with Gasteiger partial charge in [0.25, 0.3) is 0 Å². The van der Waals surface area contributed by atoms with Crippen molar-refractivity contribution in [2.75, 3.05) is 6.61 Å². The van der Waals surface area contributed by atoms with Crippen LogP contribution in [0, 0.1) is 0 Å². The van der Waals surface area contributed by atoms with Crippen molar-refractivity contribution in [2.24, 2.45) is 0 Å². The number of hydrogen-bond donors (Lipinski definition) is 11. The first-order chi connectivity index (χ1) is 21.8. The van der Waals surface area contributed by atoms with E-state index in [2.05, 4.69) is 31.9 Å². The molecule has 0 saturated carbocycles. The third-order valence-electron chi connectivity index (χ3n) is 6.54. The monoisotopic (exact) mass is 792 g/mol. The number of carbonyl (C=O) groups is 3. The zero-order valence-corrected chi connectivity index (χ0v) is 26.1. The van der Waals surface area contributed by atoms with Crippen LogP contribution < -0.4 is 0 Å². The molecule has 3 aromatic carbocycles. The van der Waals surface area contributed by atoms with Gasteiger partial charge in [0, 0.05) is 0 Å². The van der Waals surface area contributed by atoms with Crippen LogP contribution in [-0.4, -0.2) is 108 Å². The number of aliphatic hydroxyl groups is 2. The number of halogens is 2. The van der Waals surface area contributed by atoms with E-state index in [1.807, 2.05) is 0 Å². The fourth-order valence-electron chi connectivity index (χ4n) is 4.08. The number of alkyl halides is 2. The number of rotatable bonds is 7. The van der Waals surface area contributed by atoms with Gasteiger partial charge in [-0.3, -0.25) is 0 Å². The van der Waals surface area contributed by atoms with Gasteiger partial charge in [0.1, 0.15) is 18.8 Å². The van der Waals surface area contributed by atoms with Gasteiger partial charge in [-0.1, -0.05) is 0 Å². The van der Waals surface area contributed by atoms with Crippen molar-refractivity contribution >= 4 is 49.8 Å². The highest BCUT2D eigenvalue weighted by atomic mass is 79.9. The Hall–Kier alpha value is -4.89. The molecule has 11 N–H and O–H groups in total. The van der Waals surface area contributed by atoms with E-state index in [0.717, 1.165) is 12.1 Å². The Labute approximate surface area is 277 Å². The topological polar surface area (TPSA) is 311 Å². The maximum absolute atomic E-state index is 13.0. The molecular formula is C27H22Br2O18. The minimum absolute atomic E-state index is 0.501. The van der Waals surface area contributed by atoms with E-state index in [4.69, 9.17) is 18.9 Å². The van der Waals surface area contributed by atoms with Crippen molar-refractivity contribution in [3.05, 3.63) is 53.1 Å². The van der Waals surface area contributed by atoms with Crippen molar-refractivity contribution < 1.29 is 89.5 Å². The molecule has 5 atom stereocenters.